The zero-order valence-corrected chi connectivity index (χ0v) is 15.6. The first-order valence-electron chi connectivity index (χ1n) is 9.67. The molecule has 2 amide bonds. The second-order valence-corrected chi connectivity index (χ2v) is 7.34. The molecule has 3 aromatic rings. The molecular formula is C23H22N2O3. The van der Waals surface area contributed by atoms with Gasteiger partial charge in [0.2, 0.25) is 6.79 Å². The molecule has 0 aromatic heterocycles. The SMILES string of the molecule is O=C(NCc1cccc2ccccc12)N1CC[C@@H](c2ccc3c(c2)OCO3)C1. The molecule has 0 aliphatic carbocycles. The predicted octanol–water partition coefficient (Wildman–Crippen LogP) is 4.27. The monoisotopic (exact) mass is 374 g/mol. The van der Waals surface area contributed by atoms with Crippen molar-refractivity contribution in [2.24, 2.45) is 0 Å². The van der Waals surface area contributed by atoms with Gasteiger partial charge in [0.25, 0.3) is 0 Å². The number of hydrogen-bond donors (Lipinski definition) is 1. The van der Waals surface area contributed by atoms with Crippen molar-refractivity contribution < 1.29 is 14.3 Å². The summed E-state index contributed by atoms with van der Waals surface area (Å²) in [6.07, 6.45) is 0.960. The van der Waals surface area contributed by atoms with Crippen LogP contribution >= 0.6 is 0 Å². The van der Waals surface area contributed by atoms with Crippen LogP contribution in [0.5, 0.6) is 11.5 Å². The summed E-state index contributed by atoms with van der Waals surface area (Å²) in [7, 11) is 0. The smallest absolute Gasteiger partial charge is 0.317 e. The van der Waals surface area contributed by atoms with Crippen molar-refractivity contribution in [3.63, 3.8) is 0 Å². The number of carbonyl (C=O) groups excluding carboxylic acids is 1. The van der Waals surface area contributed by atoms with Crippen LogP contribution in [0.15, 0.2) is 60.7 Å². The number of amides is 2. The molecule has 2 aliphatic heterocycles. The lowest BCUT2D eigenvalue weighted by atomic mass is 9.98. The van der Waals surface area contributed by atoms with Gasteiger partial charge in [-0.1, -0.05) is 48.5 Å². The topological polar surface area (TPSA) is 50.8 Å². The maximum atomic E-state index is 12.7. The Balaban J connectivity index is 1.23. The van der Waals surface area contributed by atoms with Crippen molar-refractivity contribution in [2.45, 2.75) is 18.9 Å². The second-order valence-electron chi connectivity index (χ2n) is 7.34. The Bertz CT molecular complexity index is 1030. The number of nitrogens with one attached hydrogen (secondary N) is 1. The van der Waals surface area contributed by atoms with Gasteiger partial charge in [-0.2, -0.15) is 0 Å². The fraction of sp³-hybridized carbons (Fsp3) is 0.261. The minimum Gasteiger partial charge on any atom is -0.454 e. The lowest BCUT2D eigenvalue weighted by molar-refractivity contribution is 0.174. The van der Waals surface area contributed by atoms with E-state index in [1.54, 1.807) is 0 Å². The summed E-state index contributed by atoms with van der Waals surface area (Å²) in [6, 6.07) is 20.5. The van der Waals surface area contributed by atoms with Gasteiger partial charge in [0.1, 0.15) is 0 Å². The van der Waals surface area contributed by atoms with Crippen LogP contribution in [0.3, 0.4) is 0 Å². The molecule has 0 saturated carbocycles. The van der Waals surface area contributed by atoms with E-state index in [1.807, 2.05) is 35.2 Å². The third-order valence-electron chi connectivity index (χ3n) is 5.65. The third kappa shape index (κ3) is 3.13. The van der Waals surface area contributed by atoms with E-state index in [4.69, 9.17) is 9.47 Å². The van der Waals surface area contributed by atoms with E-state index < -0.39 is 0 Å². The molecule has 0 spiro atoms. The zero-order chi connectivity index (χ0) is 18.9. The highest BCUT2D eigenvalue weighted by molar-refractivity contribution is 5.86. The van der Waals surface area contributed by atoms with Gasteiger partial charge in [-0.15, -0.1) is 0 Å². The molecule has 2 heterocycles. The van der Waals surface area contributed by atoms with Gasteiger partial charge in [0, 0.05) is 25.6 Å². The molecule has 1 saturated heterocycles. The highest BCUT2D eigenvalue weighted by Crippen LogP contribution is 2.37. The molecule has 3 aromatic carbocycles. The minimum absolute atomic E-state index is 0.00354. The average Bonchev–Trinajstić information content (AvgIpc) is 3.41. The van der Waals surface area contributed by atoms with Gasteiger partial charge in [-0.25, -0.2) is 4.79 Å². The maximum Gasteiger partial charge on any atom is 0.317 e. The van der Waals surface area contributed by atoms with Crippen LogP contribution in [0, 0.1) is 0 Å². The van der Waals surface area contributed by atoms with Crippen molar-refractivity contribution in [1.82, 2.24) is 10.2 Å². The highest BCUT2D eigenvalue weighted by atomic mass is 16.7. The molecule has 1 fully saturated rings. The van der Waals surface area contributed by atoms with Crippen LogP contribution in [0.4, 0.5) is 4.79 Å². The number of ether oxygens (including phenoxy) is 2. The van der Waals surface area contributed by atoms with Crippen molar-refractivity contribution in [1.29, 1.82) is 0 Å². The molecule has 0 radical (unpaired) electrons. The van der Waals surface area contributed by atoms with E-state index in [9.17, 15) is 4.79 Å². The Morgan fingerprint density at radius 1 is 1.04 bits per heavy atom. The van der Waals surface area contributed by atoms with Crippen molar-refractivity contribution in [3.8, 4) is 11.5 Å². The van der Waals surface area contributed by atoms with Gasteiger partial charge in [0.05, 0.1) is 0 Å². The molecule has 1 N–H and O–H groups in total. The number of urea groups is 1. The Hall–Kier alpha value is -3.21. The number of fused-ring (bicyclic) bond motifs is 2. The molecule has 5 heteroatoms. The fourth-order valence-electron chi connectivity index (χ4n) is 4.11. The van der Waals surface area contributed by atoms with Crippen LogP contribution in [0.25, 0.3) is 10.8 Å². The van der Waals surface area contributed by atoms with E-state index in [0.29, 0.717) is 12.5 Å². The average molecular weight is 374 g/mol. The first kappa shape index (κ1) is 16.9. The quantitative estimate of drug-likeness (QED) is 0.745. The molecule has 1 atom stereocenters. The Kier molecular flexibility index (Phi) is 4.28. The standard InChI is InChI=1S/C23H22N2O3/c26-23(24-13-18-6-3-5-16-4-1-2-7-20(16)18)25-11-10-19(14-25)17-8-9-21-22(12-17)28-15-27-21/h1-9,12,19H,10-11,13-15H2,(H,24,26)/t19-/m1/s1. The predicted molar refractivity (Wildman–Crippen MR) is 108 cm³/mol. The Morgan fingerprint density at radius 2 is 1.89 bits per heavy atom. The first-order valence-corrected chi connectivity index (χ1v) is 9.67. The summed E-state index contributed by atoms with van der Waals surface area (Å²) >= 11 is 0. The summed E-state index contributed by atoms with van der Waals surface area (Å²) in [6.45, 7) is 2.30. The molecule has 0 bridgehead atoms. The van der Waals surface area contributed by atoms with Crippen LogP contribution in [-0.4, -0.2) is 30.8 Å². The van der Waals surface area contributed by atoms with E-state index in [-0.39, 0.29) is 12.8 Å². The zero-order valence-electron chi connectivity index (χ0n) is 15.6. The van der Waals surface area contributed by atoms with Crippen LogP contribution in [0.1, 0.15) is 23.5 Å². The summed E-state index contributed by atoms with van der Waals surface area (Å²) in [5.41, 5.74) is 2.34. The van der Waals surface area contributed by atoms with Crippen LogP contribution < -0.4 is 14.8 Å². The summed E-state index contributed by atoms with van der Waals surface area (Å²) in [4.78, 5) is 14.6. The minimum atomic E-state index is -0.00354. The van der Waals surface area contributed by atoms with Gasteiger partial charge in [0.15, 0.2) is 11.5 Å². The van der Waals surface area contributed by atoms with Crippen molar-refractivity contribution >= 4 is 16.8 Å². The van der Waals surface area contributed by atoms with Crippen LogP contribution in [-0.2, 0) is 6.54 Å². The second kappa shape index (κ2) is 7.08. The highest BCUT2D eigenvalue weighted by Gasteiger charge is 2.28. The number of hydrogen-bond acceptors (Lipinski definition) is 3. The molecular weight excluding hydrogens is 352 g/mol. The summed E-state index contributed by atoms with van der Waals surface area (Å²) in [5, 5.41) is 5.47. The lowest BCUT2D eigenvalue weighted by Gasteiger charge is -2.18. The van der Waals surface area contributed by atoms with Gasteiger partial charge in [-0.05, 0) is 40.5 Å². The summed E-state index contributed by atoms with van der Waals surface area (Å²) in [5.74, 6) is 1.93. The van der Waals surface area contributed by atoms with Gasteiger partial charge < -0.3 is 19.7 Å². The normalized spacial score (nSPS) is 17.9. The van der Waals surface area contributed by atoms with Crippen molar-refractivity contribution in [3.05, 3.63) is 71.8 Å². The number of nitrogens with zero attached hydrogens (tertiary/aromatic N) is 1. The van der Waals surface area contributed by atoms with E-state index in [2.05, 4.69) is 35.6 Å². The number of benzene rings is 3. The van der Waals surface area contributed by atoms with Gasteiger partial charge >= 0.3 is 6.03 Å². The maximum absolute atomic E-state index is 12.7. The third-order valence-corrected chi connectivity index (χ3v) is 5.65. The molecule has 5 nitrogen and oxygen atoms in total. The lowest BCUT2D eigenvalue weighted by Crippen LogP contribution is -2.38. The largest absolute Gasteiger partial charge is 0.454 e. The number of rotatable bonds is 3. The molecule has 0 unspecified atom stereocenters. The van der Waals surface area contributed by atoms with Crippen molar-refractivity contribution in [2.75, 3.05) is 19.9 Å². The van der Waals surface area contributed by atoms with E-state index >= 15 is 0 Å². The fourth-order valence-corrected chi connectivity index (χ4v) is 4.11. The molecule has 2 aliphatic rings. The summed E-state index contributed by atoms with van der Waals surface area (Å²) < 4.78 is 10.9. The molecule has 142 valence electrons. The Labute approximate surface area is 163 Å². The first-order chi connectivity index (χ1) is 13.8. The number of likely N-dealkylation sites (tertiary alicyclic amines) is 1. The van der Waals surface area contributed by atoms with E-state index in [0.717, 1.165) is 36.6 Å². The Morgan fingerprint density at radius 3 is 2.86 bits per heavy atom. The number of carbonyl (C=O) groups is 1. The molecule has 28 heavy (non-hydrogen) atoms. The van der Waals surface area contributed by atoms with Crippen LogP contribution in [0.2, 0.25) is 0 Å². The van der Waals surface area contributed by atoms with E-state index in [1.165, 1.54) is 16.3 Å². The molecule has 5 rings (SSSR count). The van der Waals surface area contributed by atoms with Gasteiger partial charge in [-0.3, -0.25) is 0 Å².